The molecule has 2 aliphatic rings. The van der Waals surface area contributed by atoms with Crippen molar-refractivity contribution in [2.75, 3.05) is 0 Å². The minimum absolute atomic E-state index is 0.0190. The molecular weight excluding hydrogens is 512 g/mol. The number of rotatable bonds is 5. The van der Waals surface area contributed by atoms with E-state index >= 15 is 8.78 Å². The van der Waals surface area contributed by atoms with Crippen LogP contribution in [0.4, 0.5) is 8.78 Å². The Kier molecular flexibility index (Phi) is 5.85. The molecule has 7 rings (SSSR count). The van der Waals surface area contributed by atoms with E-state index in [9.17, 15) is 9.90 Å². The molecule has 2 fully saturated rings. The van der Waals surface area contributed by atoms with E-state index in [0.29, 0.717) is 37.0 Å². The number of carbonyl (C=O) groups excluding carboxylic acids is 1. The van der Waals surface area contributed by atoms with Crippen LogP contribution in [-0.4, -0.2) is 42.5 Å². The third kappa shape index (κ3) is 4.21. The zero-order valence-corrected chi connectivity index (χ0v) is 21.6. The molecule has 7 nitrogen and oxygen atoms in total. The number of nitrogens with one attached hydrogen (secondary N) is 1. The first-order valence-corrected chi connectivity index (χ1v) is 13.6. The molecule has 40 heavy (non-hydrogen) atoms. The molecule has 0 bridgehead atoms. The van der Waals surface area contributed by atoms with Gasteiger partial charge in [0, 0.05) is 46.6 Å². The van der Waals surface area contributed by atoms with Crippen LogP contribution in [0.3, 0.4) is 0 Å². The van der Waals surface area contributed by atoms with Crippen molar-refractivity contribution in [3.63, 3.8) is 0 Å². The van der Waals surface area contributed by atoms with Gasteiger partial charge in [0.25, 0.3) is 5.91 Å². The Labute approximate surface area is 228 Å². The lowest BCUT2D eigenvalue weighted by Crippen LogP contribution is -2.39. The number of aromatic nitrogens is 4. The van der Waals surface area contributed by atoms with Crippen molar-refractivity contribution in [1.82, 2.24) is 24.7 Å². The van der Waals surface area contributed by atoms with E-state index in [1.54, 1.807) is 18.6 Å². The van der Waals surface area contributed by atoms with Crippen LogP contribution >= 0.6 is 0 Å². The number of hydrogen-bond donors (Lipinski definition) is 2. The standard InChI is InChI=1S/C31H27F2N5O2/c32-25-14-24(29(40)37-21-4-6-22(39)7-5-21)26(33)13-23(25)19-15-35-30-36-16-28(38(30)17-19)31(9-10-31)20-3-8-27-18(12-20)2-1-11-34-27/h1-3,8,11-17,21-22,39H,4-7,9-10H2,(H,37,40)/t21-,22-. The number of hydrogen-bond acceptors (Lipinski definition) is 5. The van der Waals surface area contributed by atoms with Crippen LogP contribution in [0.25, 0.3) is 27.8 Å². The van der Waals surface area contributed by atoms with Gasteiger partial charge in [0.2, 0.25) is 5.78 Å². The molecule has 0 aliphatic heterocycles. The second-order valence-electron chi connectivity index (χ2n) is 10.9. The highest BCUT2D eigenvalue weighted by atomic mass is 19.1. The number of aliphatic hydroxyl groups excluding tert-OH is 1. The molecule has 2 N–H and O–H groups in total. The maximum atomic E-state index is 15.4. The minimum Gasteiger partial charge on any atom is -0.393 e. The van der Waals surface area contributed by atoms with Gasteiger partial charge in [-0.05, 0) is 74.4 Å². The van der Waals surface area contributed by atoms with E-state index < -0.39 is 17.5 Å². The first-order valence-electron chi connectivity index (χ1n) is 13.6. The Bertz CT molecular complexity index is 1770. The molecular formula is C31H27F2N5O2. The fraction of sp³-hybridized carbons (Fsp3) is 0.290. The van der Waals surface area contributed by atoms with Gasteiger partial charge in [-0.25, -0.2) is 18.7 Å². The van der Waals surface area contributed by atoms with Crippen LogP contribution in [0.15, 0.2) is 67.3 Å². The van der Waals surface area contributed by atoms with Crippen LogP contribution in [0.2, 0.25) is 0 Å². The molecule has 0 saturated heterocycles. The molecule has 0 radical (unpaired) electrons. The fourth-order valence-corrected chi connectivity index (χ4v) is 5.98. The van der Waals surface area contributed by atoms with Crippen LogP contribution in [0.5, 0.6) is 0 Å². The molecule has 0 spiro atoms. The van der Waals surface area contributed by atoms with Gasteiger partial charge >= 0.3 is 0 Å². The molecule has 2 aliphatic carbocycles. The zero-order chi connectivity index (χ0) is 27.4. The second-order valence-corrected chi connectivity index (χ2v) is 10.9. The zero-order valence-electron chi connectivity index (χ0n) is 21.6. The predicted molar refractivity (Wildman–Crippen MR) is 146 cm³/mol. The Morgan fingerprint density at radius 2 is 1.77 bits per heavy atom. The third-order valence-corrected chi connectivity index (χ3v) is 8.40. The number of imidazole rings is 1. The van der Waals surface area contributed by atoms with Crippen LogP contribution < -0.4 is 5.32 Å². The smallest absolute Gasteiger partial charge is 0.254 e. The van der Waals surface area contributed by atoms with Crippen molar-refractivity contribution in [2.24, 2.45) is 0 Å². The van der Waals surface area contributed by atoms with E-state index in [2.05, 4.69) is 32.4 Å². The summed E-state index contributed by atoms with van der Waals surface area (Å²) in [5.74, 6) is -1.70. The lowest BCUT2D eigenvalue weighted by Gasteiger charge is -2.26. The summed E-state index contributed by atoms with van der Waals surface area (Å²) in [5, 5.41) is 13.5. The summed E-state index contributed by atoms with van der Waals surface area (Å²) >= 11 is 0. The van der Waals surface area contributed by atoms with Crippen molar-refractivity contribution >= 4 is 22.6 Å². The average Bonchev–Trinajstić information content (AvgIpc) is 3.67. The van der Waals surface area contributed by atoms with Gasteiger partial charge in [-0.1, -0.05) is 12.1 Å². The quantitative estimate of drug-likeness (QED) is 0.315. The Hall–Kier alpha value is -4.24. The first-order chi connectivity index (χ1) is 19.4. The van der Waals surface area contributed by atoms with Crippen molar-refractivity contribution in [2.45, 2.75) is 56.1 Å². The summed E-state index contributed by atoms with van der Waals surface area (Å²) in [4.78, 5) is 26.1. The molecule has 9 heteroatoms. The van der Waals surface area contributed by atoms with Gasteiger partial charge in [0.05, 0.1) is 29.1 Å². The molecule has 5 aromatic rings. The highest BCUT2D eigenvalue weighted by Gasteiger charge is 2.48. The molecule has 2 aromatic carbocycles. The van der Waals surface area contributed by atoms with Crippen LogP contribution in [0.1, 0.15) is 60.1 Å². The highest BCUT2D eigenvalue weighted by Crippen LogP contribution is 2.53. The van der Waals surface area contributed by atoms with Crippen LogP contribution in [0, 0.1) is 11.6 Å². The number of halogens is 2. The molecule has 3 aromatic heterocycles. The summed E-state index contributed by atoms with van der Waals surface area (Å²) in [6.07, 6.45) is 10.6. The maximum absolute atomic E-state index is 15.4. The summed E-state index contributed by atoms with van der Waals surface area (Å²) in [7, 11) is 0. The SMILES string of the molecule is O=C(N[C@H]1CC[C@H](O)CC1)c1cc(F)c(-c2cnc3ncc(C4(c5ccc6ncccc6c5)CC4)n3c2)cc1F. The lowest BCUT2D eigenvalue weighted by molar-refractivity contribution is 0.0863. The van der Waals surface area contributed by atoms with Gasteiger partial charge in [-0.2, -0.15) is 0 Å². The third-order valence-electron chi connectivity index (χ3n) is 8.40. The number of amides is 1. The number of carbonyl (C=O) groups is 1. The summed E-state index contributed by atoms with van der Waals surface area (Å²) in [6.45, 7) is 0. The summed E-state index contributed by atoms with van der Waals surface area (Å²) in [5.41, 5.74) is 2.84. The number of nitrogens with zero attached hydrogens (tertiary/aromatic N) is 4. The van der Waals surface area contributed by atoms with Crippen molar-refractivity contribution in [3.8, 4) is 11.1 Å². The first kappa shape index (κ1) is 24.8. The monoisotopic (exact) mass is 539 g/mol. The molecule has 0 atom stereocenters. The largest absolute Gasteiger partial charge is 0.393 e. The average molecular weight is 540 g/mol. The summed E-state index contributed by atoms with van der Waals surface area (Å²) in [6, 6.07) is 12.0. The summed E-state index contributed by atoms with van der Waals surface area (Å²) < 4.78 is 32.4. The highest BCUT2D eigenvalue weighted by molar-refractivity contribution is 5.95. The molecule has 1 amide bonds. The minimum atomic E-state index is -0.806. The number of benzene rings is 2. The Balaban J connectivity index is 1.21. The molecule has 2 saturated carbocycles. The van der Waals surface area contributed by atoms with E-state index in [1.165, 1.54) is 6.20 Å². The van der Waals surface area contributed by atoms with Crippen molar-refractivity contribution < 1.29 is 18.7 Å². The second kappa shape index (κ2) is 9.45. The number of pyridine rings is 1. The lowest BCUT2D eigenvalue weighted by atomic mass is 9.91. The fourth-order valence-electron chi connectivity index (χ4n) is 5.98. The molecule has 3 heterocycles. The van der Waals surface area contributed by atoms with Crippen LogP contribution in [-0.2, 0) is 5.41 Å². The topological polar surface area (TPSA) is 92.4 Å². The maximum Gasteiger partial charge on any atom is 0.254 e. The van der Waals surface area contributed by atoms with E-state index in [4.69, 9.17) is 0 Å². The van der Waals surface area contributed by atoms with Gasteiger partial charge in [-0.15, -0.1) is 0 Å². The van der Waals surface area contributed by atoms with E-state index in [-0.39, 0.29) is 28.7 Å². The van der Waals surface area contributed by atoms with Gasteiger partial charge in [0.1, 0.15) is 11.6 Å². The van der Waals surface area contributed by atoms with E-state index in [1.807, 2.05) is 22.6 Å². The van der Waals surface area contributed by atoms with Gasteiger partial charge in [-0.3, -0.25) is 14.2 Å². The molecule has 0 unspecified atom stereocenters. The van der Waals surface area contributed by atoms with Gasteiger partial charge < -0.3 is 10.4 Å². The predicted octanol–water partition coefficient (Wildman–Crippen LogP) is 5.34. The van der Waals surface area contributed by atoms with E-state index in [0.717, 1.165) is 47.1 Å². The number of fused-ring (bicyclic) bond motifs is 2. The van der Waals surface area contributed by atoms with Gasteiger partial charge in [0.15, 0.2) is 0 Å². The van der Waals surface area contributed by atoms with Crippen molar-refractivity contribution in [3.05, 3.63) is 95.7 Å². The Morgan fingerprint density at radius 1 is 0.975 bits per heavy atom. The van der Waals surface area contributed by atoms with Crippen molar-refractivity contribution in [1.29, 1.82) is 0 Å². The number of aliphatic hydroxyl groups is 1. The normalized spacial score (nSPS) is 20.1. The Morgan fingerprint density at radius 3 is 2.58 bits per heavy atom. The molecule has 202 valence electrons.